The summed E-state index contributed by atoms with van der Waals surface area (Å²) in [7, 11) is 1.82. The van der Waals surface area contributed by atoms with Gasteiger partial charge in [-0.1, -0.05) is 6.07 Å². The minimum absolute atomic E-state index is 0.0254. The number of nitrogens with zero attached hydrogens (tertiary/aromatic N) is 6. The van der Waals surface area contributed by atoms with Crippen LogP contribution in [0.25, 0.3) is 22.4 Å². The van der Waals surface area contributed by atoms with Gasteiger partial charge < -0.3 is 10.4 Å². The third-order valence-electron chi connectivity index (χ3n) is 6.49. The van der Waals surface area contributed by atoms with Crippen LogP contribution in [0.2, 0.25) is 0 Å². The average molecular weight is 534 g/mol. The van der Waals surface area contributed by atoms with Gasteiger partial charge in [-0.25, -0.2) is 22.8 Å². The zero-order valence-corrected chi connectivity index (χ0v) is 21.1. The molecule has 0 spiro atoms. The monoisotopic (exact) mass is 533 g/mol. The van der Waals surface area contributed by atoms with Gasteiger partial charge in [-0.15, -0.1) is 0 Å². The van der Waals surface area contributed by atoms with E-state index in [0.29, 0.717) is 18.8 Å². The van der Waals surface area contributed by atoms with E-state index in [1.807, 2.05) is 19.3 Å². The van der Waals surface area contributed by atoms with E-state index >= 15 is 0 Å². The van der Waals surface area contributed by atoms with E-state index in [-0.39, 0.29) is 24.3 Å². The number of aliphatic hydroxyl groups is 1. The summed E-state index contributed by atoms with van der Waals surface area (Å²) in [5.74, 6) is -1.89. The summed E-state index contributed by atoms with van der Waals surface area (Å²) in [6, 6.07) is 11.2. The molecule has 8 nitrogen and oxygen atoms in total. The van der Waals surface area contributed by atoms with E-state index in [1.54, 1.807) is 29.2 Å². The quantitative estimate of drug-likeness (QED) is 0.261. The second-order valence-corrected chi connectivity index (χ2v) is 9.28. The topological polar surface area (TPSA) is 93.7 Å². The summed E-state index contributed by atoms with van der Waals surface area (Å²) < 4.78 is 44.8. The second kappa shape index (κ2) is 11.2. The SMILES string of the molecule is Cn1cc(-c2ccncc2CNCCC(O)(Cn2cncn2)c2ccc(F)cc2F)c(-c2ccc(F)cc2)n1. The third kappa shape index (κ3) is 5.89. The number of rotatable bonds is 10. The molecule has 0 aliphatic heterocycles. The van der Waals surface area contributed by atoms with Gasteiger partial charge in [0, 0.05) is 54.9 Å². The summed E-state index contributed by atoms with van der Waals surface area (Å²) in [5.41, 5.74) is 2.42. The molecule has 200 valence electrons. The lowest BCUT2D eigenvalue weighted by atomic mass is 9.89. The maximum absolute atomic E-state index is 14.7. The zero-order valence-electron chi connectivity index (χ0n) is 21.1. The van der Waals surface area contributed by atoms with Crippen LogP contribution in [-0.4, -0.2) is 41.2 Å². The molecular formula is C28H26F3N7O. The molecule has 2 aromatic carbocycles. The van der Waals surface area contributed by atoms with E-state index in [1.165, 1.54) is 35.5 Å². The number of aromatic nitrogens is 6. The summed E-state index contributed by atoms with van der Waals surface area (Å²) in [5, 5.41) is 23.4. The molecule has 2 N–H and O–H groups in total. The number of hydrogen-bond donors (Lipinski definition) is 2. The van der Waals surface area contributed by atoms with Crippen LogP contribution in [0.3, 0.4) is 0 Å². The van der Waals surface area contributed by atoms with Crippen LogP contribution >= 0.6 is 0 Å². The highest BCUT2D eigenvalue weighted by molar-refractivity contribution is 5.81. The molecule has 0 radical (unpaired) electrons. The first-order valence-corrected chi connectivity index (χ1v) is 12.3. The molecule has 0 saturated carbocycles. The maximum Gasteiger partial charge on any atom is 0.137 e. The molecule has 0 bridgehead atoms. The van der Waals surface area contributed by atoms with Crippen LogP contribution in [0.4, 0.5) is 13.2 Å². The molecule has 0 saturated heterocycles. The predicted molar refractivity (Wildman–Crippen MR) is 138 cm³/mol. The maximum atomic E-state index is 14.7. The molecular weight excluding hydrogens is 507 g/mol. The largest absolute Gasteiger partial charge is 0.383 e. The van der Waals surface area contributed by atoms with E-state index in [4.69, 9.17) is 0 Å². The molecule has 11 heteroatoms. The average Bonchev–Trinajstić information content (AvgIpc) is 3.56. The Bertz CT molecular complexity index is 1550. The highest BCUT2D eigenvalue weighted by Crippen LogP contribution is 2.33. The molecule has 39 heavy (non-hydrogen) atoms. The van der Waals surface area contributed by atoms with E-state index in [0.717, 1.165) is 34.4 Å². The fourth-order valence-electron chi connectivity index (χ4n) is 4.60. The highest BCUT2D eigenvalue weighted by atomic mass is 19.1. The number of hydrogen-bond acceptors (Lipinski definition) is 6. The van der Waals surface area contributed by atoms with Crippen LogP contribution in [0.5, 0.6) is 0 Å². The smallest absolute Gasteiger partial charge is 0.137 e. The van der Waals surface area contributed by atoms with Gasteiger partial charge in [0.05, 0.1) is 6.54 Å². The third-order valence-corrected chi connectivity index (χ3v) is 6.49. The van der Waals surface area contributed by atoms with Crippen molar-refractivity contribution < 1.29 is 18.3 Å². The standard InChI is InChI=1S/C28H26F3N7O/c1-37-15-24(27(36-37)19-2-4-21(29)5-3-19)23-8-10-32-13-20(23)14-33-11-9-28(39,16-38-18-34-17-35-38)25-7-6-22(30)12-26(25)31/h2-8,10,12-13,15,17-18,33,39H,9,11,14,16H2,1H3. The van der Waals surface area contributed by atoms with Crippen molar-refractivity contribution in [3.05, 3.63) is 108 Å². The molecule has 1 unspecified atom stereocenters. The normalized spacial score (nSPS) is 12.9. The van der Waals surface area contributed by atoms with Gasteiger partial charge in [-0.3, -0.25) is 9.67 Å². The Hall–Kier alpha value is -4.35. The number of pyridine rings is 1. The van der Waals surface area contributed by atoms with Gasteiger partial charge >= 0.3 is 0 Å². The van der Waals surface area contributed by atoms with Crippen molar-refractivity contribution in [1.82, 2.24) is 34.8 Å². The predicted octanol–water partition coefficient (Wildman–Crippen LogP) is 4.23. The van der Waals surface area contributed by atoms with Crippen molar-refractivity contribution in [2.75, 3.05) is 6.54 Å². The van der Waals surface area contributed by atoms with Crippen LogP contribution in [0, 0.1) is 17.5 Å². The van der Waals surface area contributed by atoms with Gasteiger partial charge in [0.1, 0.15) is 41.4 Å². The summed E-state index contributed by atoms with van der Waals surface area (Å²) in [6.45, 7) is 0.631. The Morgan fingerprint density at radius 1 is 0.974 bits per heavy atom. The number of aryl methyl sites for hydroxylation is 1. The van der Waals surface area contributed by atoms with Crippen molar-refractivity contribution in [2.24, 2.45) is 7.05 Å². The van der Waals surface area contributed by atoms with Crippen molar-refractivity contribution in [2.45, 2.75) is 25.1 Å². The first kappa shape index (κ1) is 26.3. The molecule has 3 aromatic heterocycles. The van der Waals surface area contributed by atoms with Crippen molar-refractivity contribution in [1.29, 1.82) is 0 Å². The number of halogens is 3. The summed E-state index contributed by atoms with van der Waals surface area (Å²) in [6.07, 6.45) is 8.18. The molecule has 0 amide bonds. The van der Waals surface area contributed by atoms with Crippen LogP contribution in [-0.2, 0) is 25.7 Å². The van der Waals surface area contributed by atoms with Gasteiger partial charge in [0.2, 0.25) is 0 Å². The summed E-state index contributed by atoms with van der Waals surface area (Å²) in [4.78, 5) is 8.15. The van der Waals surface area contributed by atoms with Crippen molar-refractivity contribution >= 4 is 0 Å². The van der Waals surface area contributed by atoms with Gasteiger partial charge in [0.15, 0.2) is 0 Å². The molecule has 0 aliphatic rings. The Morgan fingerprint density at radius 2 is 1.77 bits per heavy atom. The van der Waals surface area contributed by atoms with Crippen LogP contribution in [0.1, 0.15) is 17.5 Å². The lowest BCUT2D eigenvalue weighted by molar-refractivity contribution is 0.00327. The lowest BCUT2D eigenvalue weighted by Gasteiger charge is -2.29. The molecule has 5 rings (SSSR count). The Morgan fingerprint density at radius 3 is 2.51 bits per heavy atom. The highest BCUT2D eigenvalue weighted by Gasteiger charge is 2.33. The molecule has 0 aliphatic carbocycles. The minimum atomic E-state index is -1.67. The Balaban J connectivity index is 1.35. The van der Waals surface area contributed by atoms with E-state index < -0.39 is 17.2 Å². The molecule has 3 heterocycles. The fraction of sp³-hybridized carbons (Fsp3) is 0.214. The van der Waals surface area contributed by atoms with Crippen molar-refractivity contribution in [3.63, 3.8) is 0 Å². The second-order valence-electron chi connectivity index (χ2n) is 9.28. The Kier molecular flexibility index (Phi) is 7.53. The minimum Gasteiger partial charge on any atom is -0.383 e. The first-order chi connectivity index (χ1) is 18.8. The van der Waals surface area contributed by atoms with E-state index in [2.05, 4.69) is 25.5 Å². The van der Waals surface area contributed by atoms with E-state index in [9.17, 15) is 18.3 Å². The van der Waals surface area contributed by atoms with Crippen LogP contribution < -0.4 is 5.32 Å². The van der Waals surface area contributed by atoms with Gasteiger partial charge in [-0.2, -0.15) is 10.2 Å². The zero-order chi connectivity index (χ0) is 27.4. The summed E-state index contributed by atoms with van der Waals surface area (Å²) >= 11 is 0. The van der Waals surface area contributed by atoms with Gasteiger partial charge in [-0.05, 0) is 60.5 Å². The number of nitrogens with one attached hydrogen (secondary N) is 1. The van der Waals surface area contributed by atoms with Crippen molar-refractivity contribution in [3.8, 4) is 22.4 Å². The lowest BCUT2D eigenvalue weighted by Crippen LogP contribution is -2.36. The fourth-order valence-corrected chi connectivity index (χ4v) is 4.60. The number of benzene rings is 2. The molecule has 1 atom stereocenters. The van der Waals surface area contributed by atoms with Gasteiger partial charge in [0.25, 0.3) is 0 Å². The molecule has 0 fully saturated rings. The Labute approximate surface area is 222 Å². The first-order valence-electron chi connectivity index (χ1n) is 12.3. The van der Waals surface area contributed by atoms with Crippen LogP contribution in [0.15, 0.2) is 79.8 Å². The molecule has 5 aromatic rings.